The minimum absolute atomic E-state index is 0.0106. The van der Waals surface area contributed by atoms with Gasteiger partial charge in [0.05, 0.1) is 17.7 Å². The average Bonchev–Trinajstić information content (AvgIpc) is 2.46. The summed E-state index contributed by atoms with van der Waals surface area (Å²) in [6.07, 6.45) is 1.16. The Morgan fingerprint density at radius 1 is 1.27 bits per heavy atom. The number of hydrogen-bond donors (Lipinski definition) is 1. The molecule has 0 amide bonds. The molecule has 0 atom stereocenters. The summed E-state index contributed by atoms with van der Waals surface area (Å²) in [5.74, 6) is -1.56. The van der Waals surface area contributed by atoms with Gasteiger partial charge in [-0.2, -0.15) is 0 Å². The minimum atomic E-state index is -1.25. The number of aliphatic carboxylic acids is 1. The molecule has 3 nitrogen and oxygen atoms in total. The van der Waals surface area contributed by atoms with Crippen molar-refractivity contribution in [1.82, 2.24) is 0 Å². The van der Waals surface area contributed by atoms with Gasteiger partial charge in [0.2, 0.25) is 0 Å². The lowest BCUT2D eigenvalue weighted by atomic mass is 10.0. The second kappa shape index (κ2) is 6.81. The zero-order valence-corrected chi connectivity index (χ0v) is 13.0. The third-order valence-electron chi connectivity index (χ3n) is 2.97. The van der Waals surface area contributed by atoms with Crippen LogP contribution in [0.1, 0.15) is 11.1 Å². The van der Waals surface area contributed by atoms with Crippen LogP contribution in [-0.2, 0) is 4.79 Å². The van der Waals surface area contributed by atoms with Crippen LogP contribution in [0.25, 0.3) is 11.6 Å². The Kier molecular flexibility index (Phi) is 5.06. The lowest BCUT2D eigenvalue weighted by Crippen LogP contribution is -2.02. The van der Waals surface area contributed by atoms with Crippen LogP contribution in [0.5, 0.6) is 5.75 Å². The molecule has 0 radical (unpaired) electrons. The Morgan fingerprint density at radius 2 is 2.00 bits per heavy atom. The van der Waals surface area contributed by atoms with E-state index in [-0.39, 0.29) is 21.7 Å². The van der Waals surface area contributed by atoms with Gasteiger partial charge in [-0.25, -0.2) is 9.18 Å². The van der Waals surface area contributed by atoms with Gasteiger partial charge in [-0.3, -0.25) is 0 Å². The number of carboxylic acids is 1. The van der Waals surface area contributed by atoms with Crippen molar-refractivity contribution in [2.75, 3.05) is 7.11 Å². The summed E-state index contributed by atoms with van der Waals surface area (Å²) in [6, 6.07) is 8.67. The highest BCUT2D eigenvalue weighted by atomic mass is 35.5. The number of ether oxygens (including phenoxy) is 1. The molecule has 0 saturated carbocycles. The van der Waals surface area contributed by atoms with E-state index in [9.17, 15) is 14.3 Å². The molecule has 0 aliphatic rings. The lowest BCUT2D eigenvalue weighted by Gasteiger charge is -2.10. The Bertz CT molecular complexity index is 737. The molecule has 2 aromatic carbocycles. The summed E-state index contributed by atoms with van der Waals surface area (Å²) in [5.41, 5.74) is 0.0526. The van der Waals surface area contributed by atoms with Gasteiger partial charge in [0.25, 0.3) is 0 Å². The third kappa shape index (κ3) is 3.40. The van der Waals surface area contributed by atoms with Crippen LogP contribution in [0.3, 0.4) is 0 Å². The van der Waals surface area contributed by atoms with Crippen molar-refractivity contribution in [3.8, 4) is 5.75 Å². The fourth-order valence-corrected chi connectivity index (χ4v) is 2.33. The molecule has 0 aliphatic carbocycles. The van der Waals surface area contributed by atoms with Crippen molar-refractivity contribution < 1.29 is 19.0 Å². The van der Waals surface area contributed by atoms with Crippen LogP contribution < -0.4 is 4.74 Å². The van der Waals surface area contributed by atoms with E-state index < -0.39 is 11.8 Å². The Balaban J connectivity index is 2.69. The van der Waals surface area contributed by atoms with E-state index in [1.165, 1.54) is 37.4 Å². The van der Waals surface area contributed by atoms with E-state index in [0.717, 1.165) is 6.08 Å². The molecule has 1 N–H and O–H groups in total. The number of rotatable bonds is 4. The van der Waals surface area contributed by atoms with Crippen molar-refractivity contribution in [3.63, 3.8) is 0 Å². The van der Waals surface area contributed by atoms with Crippen molar-refractivity contribution in [2.45, 2.75) is 0 Å². The van der Waals surface area contributed by atoms with Crippen LogP contribution in [-0.4, -0.2) is 18.2 Å². The molecule has 0 heterocycles. The van der Waals surface area contributed by atoms with Crippen LogP contribution in [0, 0.1) is 5.82 Å². The first-order chi connectivity index (χ1) is 10.4. The van der Waals surface area contributed by atoms with Gasteiger partial charge in [-0.05, 0) is 36.4 Å². The fourth-order valence-electron chi connectivity index (χ4n) is 1.94. The van der Waals surface area contributed by atoms with Crippen molar-refractivity contribution in [3.05, 3.63) is 63.4 Å². The second-order valence-electron chi connectivity index (χ2n) is 4.34. The van der Waals surface area contributed by atoms with E-state index in [0.29, 0.717) is 10.8 Å². The van der Waals surface area contributed by atoms with E-state index in [2.05, 4.69) is 0 Å². The third-order valence-corrected chi connectivity index (χ3v) is 3.54. The monoisotopic (exact) mass is 340 g/mol. The van der Waals surface area contributed by atoms with Gasteiger partial charge >= 0.3 is 5.97 Å². The summed E-state index contributed by atoms with van der Waals surface area (Å²) in [5, 5.41) is 9.89. The Labute approximate surface area is 136 Å². The van der Waals surface area contributed by atoms with Gasteiger partial charge in [-0.1, -0.05) is 29.3 Å². The smallest absolute Gasteiger partial charge is 0.336 e. The highest BCUT2D eigenvalue weighted by molar-refractivity contribution is 6.33. The first-order valence-corrected chi connectivity index (χ1v) is 6.92. The molecule has 0 saturated heterocycles. The number of carboxylic acid groups (broad SMARTS) is 1. The molecule has 0 aliphatic heterocycles. The van der Waals surface area contributed by atoms with Gasteiger partial charge in [0.1, 0.15) is 11.6 Å². The van der Waals surface area contributed by atoms with Crippen LogP contribution in [0.2, 0.25) is 10.0 Å². The number of hydrogen-bond acceptors (Lipinski definition) is 2. The number of carbonyl (C=O) groups is 1. The topological polar surface area (TPSA) is 46.5 Å². The maximum absolute atomic E-state index is 13.9. The number of methoxy groups -OCH3 is 1. The number of benzene rings is 2. The molecule has 0 aromatic heterocycles. The Hall–Kier alpha value is -2.04. The molecule has 0 fully saturated rings. The quantitative estimate of drug-likeness (QED) is 0.644. The highest BCUT2D eigenvalue weighted by Crippen LogP contribution is 2.32. The first-order valence-electron chi connectivity index (χ1n) is 6.17. The van der Waals surface area contributed by atoms with Crippen LogP contribution in [0.4, 0.5) is 4.39 Å². The van der Waals surface area contributed by atoms with E-state index in [4.69, 9.17) is 27.9 Å². The van der Waals surface area contributed by atoms with Gasteiger partial charge in [-0.15, -0.1) is 0 Å². The zero-order valence-electron chi connectivity index (χ0n) is 11.4. The first kappa shape index (κ1) is 16.3. The van der Waals surface area contributed by atoms with Crippen LogP contribution >= 0.6 is 23.2 Å². The maximum Gasteiger partial charge on any atom is 0.336 e. The molecular formula is C16H11Cl2FO3. The predicted molar refractivity (Wildman–Crippen MR) is 84.9 cm³/mol. The molecule has 6 heteroatoms. The SMILES string of the molecule is COc1ccc(Cl)cc1/C(=C/c1c(F)cccc1Cl)C(=O)O. The molecule has 22 heavy (non-hydrogen) atoms. The summed E-state index contributed by atoms with van der Waals surface area (Å²) in [6.45, 7) is 0. The predicted octanol–water partition coefficient (Wildman–Crippen LogP) is 4.77. The van der Waals surface area contributed by atoms with E-state index in [1.54, 1.807) is 6.07 Å². The maximum atomic E-state index is 13.9. The standard InChI is InChI=1S/C16H11Cl2FO3/c1-22-15-6-5-9(17)7-10(15)11(16(20)21)8-12-13(18)3-2-4-14(12)19/h2-8H,1H3,(H,20,21)/b11-8-. The largest absolute Gasteiger partial charge is 0.496 e. The fraction of sp³-hybridized carbons (Fsp3) is 0.0625. The molecule has 114 valence electrons. The van der Waals surface area contributed by atoms with Gasteiger partial charge < -0.3 is 9.84 Å². The average molecular weight is 341 g/mol. The van der Waals surface area contributed by atoms with Crippen molar-refractivity contribution in [1.29, 1.82) is 0 Å². The molecule has 0 bridgehead atoms. The minimum Gasteiger partial charge on any atom is -0.496 e. The summed E-state index contributed by atoms with van der Waals surface area (Å²) < 4.78 is 19.0. The van der Waals surface area contributed by atoms with Crippen LogP contribution in [0.15, 0.2) is 36.4 Å². The molecule has 0 unspecified atom stereocenters. The molecule has 2 aromatic rings. The van der Waals surface area contributed by atoms with Crippen molar-refractivity contribution in [2.24, 2.45) is 0 Å². The normalized spacial score (nSPS) is 11.4. The van der Waals surface area contributed by atoms with Gasteiger partial charge in [0.15, 0.2) is 0 Å². The Morgan fingerprint density at radius 3 is 2.59 bits per heavy atom. The summed E-state index contributed by atoms with van der Waals surface area (Å²) in [7, 11) is 1.41. The van der Waals surface area contributed by atoms with E-state index >= 15 is 0 Å². The highest BCUT2D eigenvalue weighted by Gasteiger charge is 2.18. The summed E-state index contributed by atoms with van der Waals surface area (Å²) in [4.78, 5) is 11.6. The zero-order chi connectivity index (χ0) is 16.3. The molecule has 2 rings (SSSR count). The second-order valence-corrected chi connectivity index (χ2v) is 5.19. The molecular weight excluding hydrogens is 330 g/mol. The van der Waals surface area contributed by atoms with E-state index in [1.807, 2.05) is 0 Å². The van der Waals surface area contributed by atoms with Crippen molar-refractivity contribution >= 4 is 40.8 Å². The molecule has 0 spiro atoms. The van der Waals surface area contributed by atoms with Gasteiger partial charge in [0, 0.05) is 16.1 Å². The lowest BCUT2D eigenvalue weighted by molar-refractivity contribution is -0.130. The summed E-state index contributed by atoms with van der Waals surface area (Å²) >= 11 is 11.8. The number of halogens is 3.